The first-order chi connectivity index (χ1) is 13.9. The molecule has 0 unspecified atom stereocenters. The predicted molar refractivity (Wildman–Crippen MR) is 118 cm³/mol. The van der Waals surface area contributed by atoms with Crippen molar-refractivity contribution in [2.24, 2.45) is 0 Å². The van der Waals surface area contributed by atoms with Gasteiger partial charge in [0.05, 0.1) is 0 Å². The van der Waals surface area contributed by atoms with E-state index in [1.54, 1.807) is 18.2 Å². The van der Waals surface area contributed by atoms with E-state index in [1.165, 1.54) is 0 Å². The molecule has 0 fully saturated rings. The molecular formula is C25H23NO3. The summed E-state index contributed by atoms with van der Waals surface area (Å²) in [6, 6.07) is 21.2. The molecule has 146 valence electrons. The van der Waals surface area contributed by atoms with Gasteiger partial charge >= 0.3 is 5.63 Å². The van der Waals surface area contributed by atoms with Gasteiger partial charge in [0.15, 0.2) is 0 Å². The lowest BCUT2D eigenvalue weighted by molar-refractivity contribution is 0.474. The SMILES string of the molecule is Cc1c(Cc2cccc(O)c2)c(=O)oc2cc(-c3ccc(N(C)C)cc3)ccc12. The van der Waals surface area contributed by atoms with Crippen LogP contribution in [0.15, 0.2) is 75.9 Å². The van der Waals surface area contributed by atoms with Gasteiger partial charge in [-0.2, -0.15) is 0 Å². The fourth-order valence-electron chi connectivity index (χ4n) is 3.60. The van der Waals surface area contributed by atoms with E-state index in [-0.39, 0.29) is 11.4 Å². The smallest absolute Gasteiger partial charge is 0.340 e. The van der Waals surface area contributed by atoms with Crippen molar-refractivity contribution in [1.29, 1.82) is 0 Å². The molecule has 0 amide bonds. The van der Waals surface area contributed by atoms with E-state index in [2.05, 4.69) is 35.2 Å². The summed E-state index contributed by atoms with van der Waals surface area (Å²) in [6.45, 7) is 1.95. The van der Waals surface area contributed by atoms with Crippen LogP contribution < -0.4 is 10.5 Å². The summed E-state index contributed by atoms with van der Waals surface area (Å²) in [5, 5.41) is 10.6. The maximum absolute atomic E-state index is 12.7. The highest BCUT2D eigenvalue weighted by molar-refractivity contribution is 5.86. The van der Waals surface area contributed by atoms with Crippen molar-refractivity contribution in [1.82, 2.24) is 0 Å². The highest BCUT2D eigenvalue weighted by Crippen LogP contribution is 2.28. The second-order valence-electron chi connectivity index (χ2n) is 7.49. The minimum Gasteiger partial charge on any atom is -0.508 e. The first-order valence-electron chi connectivity index (χ1n) is 9.54. The van der Waals surface area contributed by atoms with Crippen molar-refractivity contribution < 1.29 is 9.52 Å². The van der Waals surface area contributed by atoms with E-state index in [4.69, 9.17) is 4.42 Å². The maximum Gasteiger partial charge on any atom is 0.340 e. The van der Waals surface area contributed by atoms with Crippen LogP contribution in [0.2, 0.25) is 0 Å². The molecule has 0 aliphatic heterocycles. The molecule has 0 saturated carbocycles. The topological polar surface area (TPSA) is 53.7 Å². The average molecular weight is 385 g/mol. The highest BCUT2D eigenvalue weighted by atomic mass is 16.4. The summed E-state index contributed by atoms with van der Waals surface area (Å²) in [5.74, 6) is 0.190. The van der Waals surface area contributed by atoms with E-state index >= 15 is 0 Å². The van der Waals surface area contributed by atoms with Crippen molar-refractivity contribution in [2.45, 2.75) is 13.3 Å². The fourth-order valence-corrected chi connectivity index (χ4v) is 3.60. The van der Waals surface area contributed by atoms with Gasteiger partial charge in [0.1, 0.15) is 11.3 Å². The van der Waals surface area contributed by atoms with Crippen LogP contribution in [-0.2, 0) is 6.42 Å². The quantitative estimate of drug-likeness (QED) is 0.495. The van der Waals surface area contributed by atoms with Crippen molar-refractivity contribution in [2.75, 3.05) is 19.0 Å². The number of rotatable bonds is 4. The molecule has 0 spiro atoms. The molecule has 0 bridgehead atoms. The van der Waals surface area contributed by atoms with Crippen LogP contribution >= 0.6 is 0 Å². The Kier molecular flexibility index (Phi) is 4.85. The van der Waals surface area contributed by atoms with Crippen molar-refractivity contribution in [3.63, 3.8) is 0 Å². The van der Waals surface area contributed by atoms with Gasteiger partial charge in [-0.25, -0.2) is 4.79 Å². The number of hydrogen-bond acceptors (Lipinski definition) is 4. The molecular weight excluding hydrogens is 362 g/mol. The molecule has 1 heterocycles. The number of hydrogen-bond donors (Lipinski definition) is 1. The van der Waals surface area contributed by atoms with Gasteiger partial charge in [0.2, 0.25) is 0 Å². The Balaban J connectivity index is 1.74. The van der Waals surface area contributed by atoms with E-state index < -0.39 is 0 Å². The third-order valence-corrected chi connectivity index (χ3v) is 5.30. The van der Waals surface area contributed by atoms with Crippen molar-refractivity contribution >= 4 is 16.7 Å². The molecule has 1 N–H and O–H groups in total. The zero-order valence-electron chi connectivity index (χ0n) is 16.8. The van der Waals surface area contributed by atoms with Gasteiger partial charge in [-0.05, 0) is 59.5 Å². The van der Waals surface area contributed by atoms with Gasteiger partial charge in [-0.1, -0.05) is 36.4 Å². The molecule has 0 radical (unpaired) electrons. The second-order valence-corrected chi connectivity index (χ2v) is 7.49. The van der Waals surface area contributed by atoms with Crippen LogP contribution in [0.4, 0.5) is 5.69 Å². The molecule has 29 heavy (non-hydrogen) atoms. The van der Waals surface area contributed by atoms with E-state index in [0.717, 1.165) is 33.3 Å². The van der Waals surface area contributed by atoms with Crippen LogP contribution in [-0.4, -0.2) is 19.2 Å². The molecule has 0 saturated heterocycles. The second kappa shape index (κ2) is 7.47. The molecule has 0 atom stereocenters. The lowest BCUT2D eigenvalue weighted by Crippen LogP contribution is -2.11. The normalized spacial score (nSPS) is 11.0. The number of aryl methyl sites for hydroxylation is 1. The number of fused-ring (bicyclic) bond motifs is 1. The van der Waals surface area contributed by atoms with Crippen molar-refractivity contribution in [3.8, 4) is 16.9 Å². The third kappa shape index (κ3) is 3.74. The Morgan fingerprint density at radius 1 is 0.931 bits per heavy atom. The lowest BCUT2D eigenvalue weighted by Gasteiger charge is -2.13. The van der Waals surface area contributed by atoms with Crippen molar-refractivity contribution in [3.05, 3.63) is 93.8 Å². The summed E-state index contributed by atoms with van der Waals surface area (Å²) < 4.78 is 5.67. The summed E-state index contributed by atoms with van der Waals surface area (Å²) in [7, 11) is 4.02. The zero-order chi connectivity index (χ0) is 20.5. The summed E-state index contributed by atoms with van der Waals surface area (Å²) in [6.07, 6.45) is 0.423. The van der Waals surface area contributed by atoms with Crippen LogP contribution in [0.25, 0.3) is 22.1 Å². The maximum atomic E-state index is 12.7. The highest BCUT2D eigenvalue weighted by Gasteiger charge is 2.13. The molecule has 1 aromatic heterocycles. The number of anilines is 1. The van der Waals surface area contributed by atoms with Gasteiger partial charge in [-0.3, -0.25) is 0 Å². The summed E-state index contributed by atoms with van der Waals surface area (Å²) in [4.78, 5) is 14.7. The van der Waals surface area contributed by atoms with E-state index in [0.29, 0.717) is 17.6 Å². The Labute approximate surface area is 169 Å². The van der Waals surface area contributed by atoms with Crippen LogP contribution in [0, 0.1) is 6.92 Å². The van der Waals surface area contributed by atoms with Gasteiger partial charge in [0.25, 0.3) is 0 Å². The number of benzene rings is 3. The largest absolute Gasteiger partial charge is 0.508 e. The number of nitrogens with zero attached hydrogens (tertiary/aromatic N) is 1. The Morgan fingerprint density at radius 2 is 1.66 bits per heavy atom. The predicted octanol–water partition coefficient (Wildman–Crippen LogP) is 5.13. The lowest BCUT2D eigenvalue weighted by atomic mass is 9.97. The first-order valence-corrected chi connectivity index (χ1v) is 9.54. The molecule has 4 nitrogen and oxygen atoms in total. The molecule has 0 aliphatic rings. The van der Waals surface area contributed by atoms with Crippen LogP contribution in [0.1, 0.15) is 16.7 Å². The zero-order valence-corrected chi connectivity index (χ0v) is 16.8. The Morgan fingerprint density at radius 3 is 2.34 bits per heavy atom. The molecule has 4 aromatic rings. The fraction of sp³-hybridized carbons (Fsp3) is 0.160. The standard InChI is InChI=1S/C25H23NO3/c1-16-22-12-9-19(18-7-10-20(11-8-18)26(2)3)15-24(22)29-25(28)23(16)14-17-5-4-6-21(27)13-17/h4-13,15,27H,14H2,1-3H3. The average Bonchev–Trinajstić information content (AvgIpc) is 2.71. The van der Waals surface area contributed by atoms with Gasteiger partial charge in [0, 0.05) is 37.2 Å². The molecule has 4 rings (SSSR count). The number of aromatic hydroxyl groups is 1. The van der Waals surface area contributed by atoms with E-state index in [1.807, 2.05) is 39.2 Å². The van der Waals surface area contributed by atoms with Crippen LogP contribution in [0.5, 0.6) is 5.75 Å². The minimum atomic E-state index is -0.335. The molecule has 3 aromatic carbocycles. The van der Waals surface area contributed by atoms with Gasteiger partial charge < -0.3 is 14.4 Å². The monoisotopic (exact) mass is 385 g/mol. The minimum absolute atomic E-state index is 0.190. The van der Waals surface area contributed by atoms with Crippen LogP contribution in [0.3, 0.4) is 0 Å². The summed E-state index contributed by atoms with van der Waals surface area (Å²) in [5.41, 5.74) is 5.86. The first kappa shape index (κ1) is 18.8. The van der Waals surface area contributed by atoms with E-state index in [9.17, 15) is 9.90 Å². The summed E-state index contributed by atoms with van der Waals surface area (Å²) >= 11 is 0. The number of phenolic OH excluding ortho intramolecular Hbond substituents is 1. The molecule has 4 heteroatoms. The van der Waals surface area contributed by atoms with Gasteiger partial charge in [-0.15, -0.1) is 0 Å². The number of phenols is 1. The third-order valence-electron chi connectivity index (χ3n) is 5.30. The Hall–Kier alpha value is -3.53. The molecule has 0 aliphatic carbocycles. The Bertz CT molecular complexity index is 1240.